The Morgan fingerprint density at radius 1 is 1.04 bits per heavy atom. The van der Waals surface area contributed by atoms with Crippen molar-refractivity contribution in [1.82, 2.24) is 5.32 Å². The lowest BCUT2D eigenvalue weighted by molar-refractivity contribution is -0.133. The molecule has 2 N–H and O–H groups in total. The molecule has 128 valence electrons. The molecule has 0 saturated carbocycles. The molecule has 6 nitrogen and oxygen atoms in total. The van der Waals surface area contributed by atoms with Gasteiger partial charge in [-0.05, 0) is 18.2 Å². The van der Waals surface area contributed by atoms with Gasteiger partial charge in [-0.1, -0.05) is 30.3 Å². The van der Waals surface area contributed by atoms with E-state index in [1.54, 1.807) is 48.5 Å². The van der Waals surface area contributed by atoms with Crippen LogP contribution in [-0.2, 0) is 9.59 Å². The van der Waals surface area contributed by atoms with Gasteiger partial charge < -0.3 is 19.9 Å². The van der Waals surface area contributed by atoms with Crippen molar-refractivity contribution < 1.29 is 24.2 Å². The summed E-state index contributed by atoms with van der Waals surface area (Å²) < 4.78 is 10.6. The third-order valence-electron chi connectivity index (χ3n) is 4.07. The molecular weight excluding hydrogens is 322 g/mol. The van der Waals surface area contributed by atoms with Crippen LogP contribution >= 0.6 is 0 Å². The zero-order valence-corrected chi connectivity index (χ0v) is 13.8. The first kappa shape index (κ1) is 16.6. The molecule has 2 aromatic carbocycles. The number of nitrogens with one attached hydrogen (secondary N) is 1. The van der Waals surface area contributed by atoms with Crippen LogP contribution in [0.1, 0.15) is 17.2 Å². The van der Waals surface area contributed by atoms with Crippen molar-refractivity contribution in [1.29, 1.82) is 0 Å². The van der Waals surface area contributed by atoms with Gasteiger partial charge in [-0.25, -0.2) is 0 Å². The average Bonchev–Trinajstić information content (AvgIpc) is 2.96. The van der Waals surface area contributed by atoms with E-state index in [0.29, 0.717) is 22.6 Å². The molecule has 1 fully saturated rings. The molecule has 2 aromatic rings. The molecule has 6 heteroatoms. The summed E-state index contributed by atoms with van der Waals surface area (Å²) in [7, 11) is 3.01. The van der Waals surface area contributed by atoms with Gasteiger partial charge in [-0.2, -0.15) is 0 Å². The highest BCUT2D eigenvalue weighted by Gasteiger charge is 2.40. The molecule has 0 aliphatic carbocycles. The number of methoxy groups -OCH3 is 2. The van der Waals surface area contributed by atoms with Crippen LogP contribution in [0.15, 0.2) is 54.1 Å². The van der Waals surface area contributed by atoms with E-state index in [4.69, 9.17) is 9.47 Å². The third-order valence-corrected chi connectivity index (χ3v) is 4.07. The molecular formula is C19H17NO5. The van der Waals surface area contributed by atoms with Gasteiger partial charge in [0.2, 0.25) is 0 Å². The fraction of sp³-hybridized carbons (Fsp3) is 0.158. The number of rotatable bonds is 4. The van der Waals surface area contributed by atoms with E-state index in [9.17, 15) is 14.7 Å². The fourth-order valence-electron chi connectivity index (χ4n) is 2.82. The standard InChI is InChI=1S/C19H17NO5/c1-24-12-8-9-14(25-2)13(10-12)16-15(18(22)19(23)20-16)17(21)11-6-4-3-5-7-11/h3-10,16,21H,1-2H3,(H,20,23)/t16-/m0/s1. The monoisotopic (exact) mass is 339 g/mol. The lowest BCUT2D eigenvalue weighted by Crippen LogP contribution is -2.21. The second kappa shape index (κ2) is 6.68. The lowest BCUT2D eigenvalue weighted by atomic mass is 9.95. The van der Waals surface area contributed by atoms with Crippen LogP contribution in [-0.4, -0.2) is 31.0 Å². The second-order valence-electron chi connectivity index (χ2n) is 5.47. The zero-order chi connectivity index (χ0) is 18.0. The Kier molecular flexibility index (Phi) is 4.43. The minimum absolute atomic E-state index is 0.0113. The zero-order valence-electron chi connectivity index (χ0n) is 13.8. The molecule has 0 unspecified atom stereocenters. The first-order valence-electron chi connectivity index (χ1n) is 7.62. The Morgan fingerprint density at radius 2 is 1.76 bits per heavy atom. The molecule has 0 radical (unpaired) electrons. The Balaban J connectivity index is 2.18. The molecule has 1 saturated heterocycles. The first-order chi connectivity index (χ1) is 12.1. The van der Waals surface area contributed by atoms with Crippen LogP contribution in [0.25, 0.3) is 5.76 Å². The molecule has 25 heavy (non-hydrogen) atoms. The van der Waals surface area contributed by atoms with Gasteiger partial charge in [0, 0.05) is 11.1 Å². The summed E-state index contributed by atoms with van der Waals surface area (Å²) in [5.74, 6) is -0.760. The number of ketones is 1. The maximum Gasteiger partial charge on any atom is 0.293 e. The predicted molar refractivity (Wildman–Crippen MR) is 91.4 cm³/mol. The van der Waals surface area contributed by atoms with Gasteiger partial charge in [0.25, 0.3) is 11.7 Å². The topological polar surface area (TPSA) is 84.9 Å². The van der Waals surface area contributed by atoms with Crippen molar-refractivity contribution in [2.45, 2.75) is 6.04 Å². The molecule has 1 aliphatic rings. The molecule has 0 spiro atoms. The SMILES string of the molecule is COc1ccc(OC)c([C@@H]2NC(=O)C(=O)C2=C(O)c2ccccc2)c1. The molecule has 0 bridgehead atoms. The minimum Gasteiger partial charge on any atom is -0.507 e. The van der Waals surface area contributed by atoms with E-state index < -0.39 is 17.7 Å². The van der Waals surface area contributed by atoms with Crippen LogP contribution < -0.4 is 14.8 Å². The van der Waals surface area contributed by atoms with E-state index >= 15 is 0 Å². The van der Waals surface area contributed by atoms with Crippen molar-refractivity contribution in [2.24, 2.45) is 0 Å². The average molecular weight is 339 g/mol. The lowest BCUT2D eigenvalue weighted by Gasteiger charge is -2.17. The minimum atomic E-state index is -0.828. The molecule has 0 aromatic heterocycles. The molecule has 1 atom stereocenters. The van der Waals surface area contributed by atoms with E-state index in [-0.39, 0.29) is 11.3 Å². The largest absolute Gasteiger partial charge is 0.507 e. The molecule has 1 aliphatic heterocycles. The quantitative estimate of drug-likeness (QED) is 0.508. The summed E-state index contributed by atoms with van der Waals surface area (Å²) in [4.78, 5) is 24.3. The summed E-state index contributed by atoms with van der Waals surface area (Å²) in [6, 6.07) is 12.8. The Bertz CT molecular complexity index is 857. The van der Waals surface area contributed by atoms with Gasteiger partial charge in [0.1, 0.15) is 17.3 Å². The molecule has 3 rings (SSSR count). The van der Waals surface area contributed by atoms with Gasteiger partial charge >= 0.3 is 0 Å². The van der Waals surface area contributed by atoms with E-state index in [0.717, 1.165) is 0 Å². The summed E-state index contributed by atoms with van der Waals surface area (Å²) in [5, 5.41) is 13.2. The van der Waals surface area contributed by atoms with Crippen molar-refractivity contribution >= 4 is 17.4 Å². The maximum absolute atomic E-state index is 12.4. The maximum atomic E-state index is 12.4. The summed E-state index contributed by atoms with van der Waals surface area (Å²) in [5.41, 5.74) is 0.968. The number of amides is 1. The number of carbonyl (C=O) groups excluding carboxylic acids is 2. The Labute approximate surface area is 144 Å². The number of aliphatic hydroxyl groups is 1. The molecule has 1 amide bonds. The van der Waals surface area contributed by atoms with Crippen LogP contribution in [0.3, 0.4) is 0 Å². The van der Waals surface area contributed by atoms with Gasteiger partial charge in [-0.3, -0.25) is 9.59 Å². The van der Waals surface area contributed by atoms with Crippen LogP contribution in [0.2, 0.25) is 0 Å². The number of Topliss-reactive ketones (excluding diaryl/α,β-unsaturated/α-hetero) is 1. The van der Waals surface area contributed by atoms with Crippen molar-refractivity contribution in [3.63, 3.8) is 0 Å². The van der Waals surface area contributed by atoms with Crippen LogP contribution in [0.4, 0.5) is 0 Å². The van der Waals surface area contributed by atoms with E-state index in [1.165, 1.54) is 14.2 Å². The smallest absolute Gasteiger partial charge is 0.293 e. The van der Waals surface area contributed by atoms with Crippen LogP contribution in [0, 0.1) is 0 Å². The number of carbonyl (C=O) groups is 2. The Hall–Kier alpha value is -3.28. The highest BCUT2D eigenvalue weighted by atomic mass is 16.5. The van der Waals surface area contributed by atoms with Gasteiger partial charge in [0.05, 0.1) is 25.8 Å². The van der Waals surface area contributed by atoms with Crippen LogP contribution in [0.5, 0.6) is 11.5 Å². The Morgan fingerprint density at radius 3 is 2.40 bits per heavy atom. The molecule has 1 heterocycles. The number of ether oxygens (including phenoxy) is 2. The number of aliphatic hydroxyl groups excluding tert-OH is 1. The van der Waals surface area contributed by atoms with Crippen molar-refractivity contribution in [3.8, 4) is 11.5 Å². The van der Waals surface area contributed by atoms with Crippen molar-refractivity contribution in [3.05, 3.63) is 65.2 Å². The first-order valence-corrected chi connectivity index (χ1v) is 7.62. The highest BCUT2D eigenvalue weighted by molar-refractivity contribution is 6.46. The van der Waals surface area contributed by atoms with E-state index in [2.05, 4.69) is 5.32 Å². The van der Waals surface area contributed by atoms with Gasteiger partial charge in [-0.15, -0.1) is 0 Å². The second-order valence-corrected chi connectivity index (χ2v) is 5.47. The summed E-state index contributed by atoms with van der Waals surface area (Å²) >= 11 is 0. The number of hydrogen-bond acceptors (Lipinski definition) is 5. The summed E-state index contributed by atoms with van der Waals surface area (Å²) in [6.07, 6.45) is 0. The predicted octanol–water partition coefficient (Wildman–Crippen LogP) is 2.41. The number of hydrogen-bond donors (Lipinski definition) is 2. The van der Waals surface area contributed by atoms with E-state index in [1.807, 2.05) is 0 Å². The normalized spacial score (nSPS) is 18.7. The summed E-state index contributed by atoms with van der Waals surface area (Å²) in [6.45, 7) is 0. The van der Waals surface area contributed by atoms with Gasteiger partial charge in [0.15, 0.2) is 0 Å². The fourth-order valence-corrected chi connectivity index (χ4v) is 2.82. The number of benzene rings is 2. The van der Waals surface area contributed by atoms with Crippen molar-refractivity contribution in [2.75, 3.05) is 14.2 Å². The third kappa shape index (κ3) is 2.94. The highest BCUT2D eigenvalue weighted by Crippen LogP contribution is 2.38.